The van der Waals surface area contributed by atoms with Crippen molar-refractivity contribution in [3.8, 4) is 22.6 Å². The van der Waals surface area contributed by atoms with Crippen LogP contribution in [0.1, 0.15) is 5.56 Å². The van der Waals surface area contributed by atoms with Crippen molar-refractivity contribution in [2.24, 2.45) is 15.3 Å². The van der Waals surface area contributed by atoms with Crippen molar-refractivity contribution in [1.82, 2.24) is 5.43 Å². The van der Waals surface area contributed by atoms with Crippen molar-refractivity contribution in [1.29, 1.82) is 0 Å². The lowest BCUT2D eigenvalue weighted by atomic mass is 10.1. The molecule has 0 radical (unpaired) electrons. The lowest BCUT2D eigenvalue weighted by Crippen LogP contribution is -2.24. The van der Waals surface area contributed by atoms with E-state index in [1.54, 1.807) is 12.1 Å². The van der Waals surface area contributed by atoms with Crippen molar-refractivity contribution < 1.29 is 14.6 Å². The molecular formula is C27H21BrN4O3. The van der Waals surface area contributed by atoms with Gasteiger partial charge in [0.1, 0.15) is 11.5 Å². The van der Waals surface area contributed by atoms with Crippen LogP contribution in [0.2, 0.25) is 0 Å². The summed E-state index contributed by atoms with van der Waals surface area (Å²) in [6.45, 7) is -0.200. The first-order chi connectivity index (χ1) is 17.1. The maximum absolute atomic E-state index is 12.1. The molecule has 0 bridgehead atoms. The summed E-state index contributed by atoms with van der Waals surface area (Å²) in [6.07, 6.45) is 1.33. The molecule has 0 saturated carbocycles. The molecule has 0 fully saturated rings. The molecule has 0 unspecified atom stereocenters. The van der Waals surface area contributed by atoms with Crippen LogP contribution in [0, 0.1) is 0 Å². The number of hydrogen-bond donors (Lipinski definition) is 2. The molecule has 4 aromatic carbocycles. The highest BCUT2D eigenvalue weighted by atomic mass is 79.9. The molecule has 4 aromatic rings. The number of hydrogen-bond acceptors (Lipinski definition) is 6. The van der Waals surface area contributed by atoms with E-state index in [0.29, 0.717) is 22.7 Å². The van der Waals surface area contributed by atoms with Crippen LogP contribution >= 0.6 is 15.9 Å². The number of ether oxygens (including phenoxy) is 1. The van der Waals surface area contributed by atoms with Crippen LogP contribution in [-0.2, 0) is 4.79 Å². The van der Waals surface area contributed by atoms with E-state index in [2.05, 4.69) is 36.7 Å². The number of carbonyl (C=O) groups is 1. The SMILES string of the molecule is O=C(COc1ccc(-c2ccccc2)cc1)N/N=C\c1cc(N=Nc2cccc(Br)c2)ccc1O. The predicted molar refractivity (Wildman–Crippen MR) is 140 cm³/mol. The van der Waals surface area contributed by atoms with E-state index in [1.165, 1.54) is 12.3 Å². The second kappa shape index (κ2) is 11.7. The molecule has 0 spiro atoms. The number of phenols is 1. The van der Waals surface area contributed by atoms with E-state index in [4.69, 9.17) is 4.74 Å². The van der Waals surface area contributed by atoms with Gasteiger partial charge in [-0.1, -0.05) is 64.5 Å². The number of phenolic OH excluding ortho intramolecular Hbond substituents is 1. The highest BCUT2D eigenvalue weighted by molar-refractivity contribution is 9.10. The average Bonchev–Trinajstić information content (AvgIpc) is 2.88. The Bertz CT molecular complexity index is 1360. The first kappa shape index (κ1) is 23.8. The molecule has 8 heteroatoms. The van der Waals surface area contributed by atoms with Gasteiger partial charge >= 0.3 is 0 Å². The number of carbonyl (C=O) groups excluding carboxylic acids is 1. The van der Waals surface area contributed by atoms with Crippen molar-refractivity contribution in [3.63, 3.8) is 0 Å². The largest absolute Gasteiger partial charge is 0.507 e. The van der Waals surface area contributed by atoms with Crippen molar-refractivity contribution >= 4 is 39.4 Å². The first-order valence-corrected chi connectivity index (χ1v) is 11.5. The standard InChI is InChI=1S/C27H21BrN4O3/c28-22-7-4-8-23(16-22)30-31-24-11-14-26(33)21(15-24)17-29-32-27(34)18-35-25-12-9-20(10-13-25)19-5-2-1-3-6-19/h1-17,33H,18H2,(H,32,34)/b29-17-,31-30?. The van der Waals surface area contributed by atoms with Gasteiger partial charge in [-0.15, -0.1) is 0 Å². The molecule has 0 aliphatic heterocycles. The number of amides is 1. The number of nitrogens with zero attached hydrogens (tertiary/aromatic N) is 3. The van der Waals surface area contributed by atoms with Crippen LogP contribution in [0.4, 0.5) is 11.4 Å². The van der Waals surface area contributed by atoms with Crippen LogP contribution in [-0.4, -0.2) is 23.8 Å². The molecular weight excluding hydrogens is 508 g/mol. The number of halogens is 1. The maximum atomic E-state index is 12.1. The highest BCUT2D eigenvalue weighted by Crippen LogP contribution is 2.25. The van der Waals surface area contributed by atoms with E-state index in [9.17, 15) is 9.90 Å². The topological polar surface area (TPSA) is 95.6 Å². The fourth-order valence-corrected chi connectivity index (χ4v) is 3.48. The number of aromatic hydroxyl groups is 1. The molecule has 35 heavy (non-hydrogen) atoms. The molecule has 2 N–H and O–H groups in total. The predicted octanol–water partition coefficient (Wildman–Crippen LogP) is 6.77. The smallest absolute Gasteiger partial charge is 0.277 e. The van der Waals surface area contributed by atoms with Gasteiger partial charge in [0, 0.05) is 10.0 Å². The number of benzene rings is 4. The summed E-state index contributed by atoms with van der Waals surface area (Å²) >= 11 is 3.39. The van der Waals surface area contributed by atoms with E-state index in [1.807, 2.05) is 78.9 Å². The lowest BCUT2D eigenvalue weighted by Gasteiger charge is -2.07. The molecule has 0 saturated heterocycles. The van der Waals surface area contributed by atoms with E-state index in [0.717, 1.165) is 15.6 Å². The molecule has 0 aromatic heterocycles. The van der Waals surface area contributed by atoms with Crippen molar-refractivity contribution in [3.05, 3.63) is 107 Å². The summed E-state index contributed by atoms with van der Waals surface area (Å²) in [7, 11) is 0. The van der Waals surface area contributed by atoms with Crippen molar-refractivity contribution in [2.45, 2.75) is 0 Å². The molecule has 0 aliphatic rings. The van der Waals surface area contributed by atoms with Gasteiger partial charge in [0.15, 0.2) is 6.61 Å². The molecule has 0 atom stereocenters. The van der Waals surface area contributed by atoms with Gasteiger partial charge in [-0.2, -0.15) is 15.3 Å². The highest BCUT2D eigenvalue weighted by Gasteiger charge is 2.04. The summed E-state index contributed by atoms with van der Waals surface area (Å²) < 4.78 is 6.42. The Morgan fingerprint density at radius 1 is 0.857 bits per heavy atom. The Balaban J connectivity index is 1.30. The third-order valence-electron chi connectivity index (χ3n) is 4.82. The summed E-state index contributed by atoms with van der Waals surface area (Å²) in [4.78, 5) is 12.1. The molecule has 0 heterocycles. The minimum absolute atomic E-state index is 0.000777. The van der Waals surface area contributed by atoms with Crippen molar-refractivity contribution in [2.75, 3.05) is 6.61 Å². The summed E-state index contributed by atoms with van der Waals surface area (Å²) in [5.41, 5.74) is 6.14. The number of nitrogens with one attached hydrogen (secondary N) is 1. The van der Waals surface area contributed by atoms with Crippen LogP contribution in [0.5, 0.6) is 11.5 Å². The van der Waals surface area contributed by atoms with Crippen LogP contribution in [0.3, 0.4) is 0 Å². The molecule has 0 aliphatic carbocycles. The first-order valence-electron chi connectivity index (χ1n) is 10.7. The molecule has 7 nitrogen and oxygen atoms in total. The fourth-order valence-electron chi connectivity index (χ4n) is 3.09. The van der Waals surface area contributed by atoms with Crippen LogP contribution in [0.25, 0.3) is 11.1 Å². The van der Waals surface area contributed by atoms with Gasteiger partial charge in [-0.25, -0.2) is 5.43 Å². The monoisotopic (exact) mass is 528 g/mol. The molecule has 174 valence electrons. The normalized spacial score (nSPS) is 11.1. The Labute approximate surface area is 210 Å². The van der Waals surface area contributed by atoms with Gasteiger partial charge < -0.3 is 9.84 Å². The number of rotatable bonds is 8. The average molecular weight is 529 g/mol. The van der Waals surface area contributed by atoms with Gasteiger partial charge in [0.2, 0.25) is 0 Å². The van der Waals surface area contributed by atoms with Gasteiger partial charge in [-0.3, -0.25) is 4.79 Å². The third kappa shape index (κ3) is 7.09. The Morgan fingerprint density at radius 2 is 1.57 bits per heavy atom. The minimum atomic E-state index is -0.432. The number of azo groups is 1. The Morgan fingerprint density at radius 3 is 2.31 bits per heavy atom. The quantitative estimate of drug-likeness (QED) is 0.150. The van der Waals surface area contributed by atoms with Gasteiger partial charge in [0.05, 0.1) is 17.6 Å². The van der Waals surface area contributed by atoms with Gasteiger partial charge in [-0.05, 0) is 59.7 Å². The molecule has 4 rings (SSSR count). The lowest BCUT2D eigenvalue weighted by molar-refractivity contribution is -0.123. The van der Waals surface area contributed by atoms with E-state index >= 15 is 0 Å². The third-order valence-corrected chi connectivity index (χ3v) is 5.32. The summed E-state index contributed by atoms with van der Waals surface area (Å²) in [5, 5.41) is 22.3. The van der Waals surface area contributed by atoms with E-state index in [-0.39, 0.29) is 12.4 Å². The second-order valence-corrected chi connectivity index (χ2v) is 8.31. The van der Waals surface area contributed by atoms with Crippen LogP contribution < -0.4 is 10.2 Å². The Kier molecular flexibility index (Phi) is 7.98. The van der Waals surface area contributed by atoms with Crippen LogP contribution in [0.15, 0.2) is 117 Å². The fraction of sp³-hybridized carbons (Fsp3) is 0.0370. The minimum Gasteiger partial charge on any atom is -0.507 e. The Hall–Kier alpha value is -4.30. The zero-order valence-electron chi connectivity index (χ0n) is 18.5. The summed E-state index contributed by atoms with van der Waals surface area (Å²) in [5.74, 6) is 0.141. The maximum Gasteiger partial charge on any atom is 0.277 e. The second-order valence-electron chi connectivity index (χ2n) is 7.40. The van der Waals surface area contributed by atoms with E-state index < -0.39 is 5.91 Å². The van der Waals surface area contributed by atoms with Gasteiger partial charge in [0.25, 0.3) is 5.91 Å². The number of hydrazone groups is 1. The summed E-state index contributed by atoms with van der Waals surface area (Å²) in [6, 6.07) is 29.6. The zero-order chi connectivity index (χ0) is 24.5. The molecule has 1 amide bonds. The zero-order valence-corrected chi connectivity index (χ0v) is 20.1.